The highest BCUT2D eigenvalue weighted by molar-refractivity contribution is 5.61. The van der Waals surface area contributed by atoms with E-state index in [1.807, 2.05) is 34.8 Å². The van der Waals surface area contributed by atoms with Crippen molar-refractivity contribution in [3.8, 4) is 11.4 Å². The molecule has 0 spiro atoms. The normalized spacial score (nSPS) is 11.1. The number of anilines is 1. The number of hydrogen-bond donors (Lipinski definition) is 1. The average molecular weight is 253 g/mol. The molecule has 0 aliphatic heterocycles. The number of pyridine rings is 1. The Bertz CT molecular complexity index is 702. The molecule has 0 aromatic carbocycles. The Morgan fingerprint density at radius 1 is 1.11 bits per heavy atom. The summed E-state index contributed by atoms with van der Waals surface area (Å²) in [6.45, 7) is 4.12. The van der Waals surface area contributed by atoms with Gasteiger partial charge in [-0.05, 0) is 38.1 Å². The van der Waals surface area contributed by atoms with Crippen LogP contribution >= 0.6 is 0 Å². The van der Waals surface area contributed by atoms with E-state index in [-0.39, 0.29) is 0 Å². The van der Waals surface area contributed by atoms with Crippen LogP contribution in [0, 0.1) is 0 Å². The third-order valence-electron chi connectivity index (χ3n) is 2.76. The number of hydrogen-bond acceptors (Lipinski definition) is 4. The van der Waals surface area contributed by atoms with Gasteiger partial charge in [0.25, 0.3) is 0 Å². The molecule has 0 saturated heterocycles. The van der Waals surface area contributed by atoms with Crippen LogP contribution in [0.15, 0.2) is 42.7 Å². The Morgan fingerprint density at radius 2 is 2.00 bits per heavy atom. The first-order valence-corrected chi connectivity index (χ1v) is 6.27. The molecular formula is C14H15N5. The molecule has 0 bridgehead atoms. The van der Waals surface area contributed by atoms with Gasteiger partial charge < -0.3 is 5.32 Å². The van der Waals surface area contributed by atoms with Crippen LogP contribution in [0.2, 0.25) is 0 Å². The highest BCUT2D eigenvalue weighted by Crippen LogP contribution is 2.19. The Kier molecular flexibility index (Phi) is 2.87. The second-order valence-electron chi connectivity index (χ2n) is 4.64. The summed E-state index contributed by atoms with van der Waals surface area (Å²) in [6.07, 6.45) is 3.54. The number of nitrogens with one attached hydrogen (secondary N) is 1. The topological polar surface area (TPSA) is 55.1 Å². The fourth-order valence-corrected chi connectivity index (χ4v) is 1.97. The summed E-state index contributed by atoms with van der Waals surface area (Å²) in [5.74, 6) is 0.636. The van der Waals surface area contributed by atoms with Gasteiger partial charge in [0, 0.05) is 12.2 Å². The van der Waals surface area contributed by atoms with E-state index in [1.165, 1.54) is 0 Å². The molecule has 3 heterocycles. The van der Waals surface area contributed by atoms with Crippen LogP contribution in [0.25, 0.3) is 16.9 Å². The summed E-state index contributed by atoms with van der Waals surface area (Å²) >= 11 is 0. The van der Waals surface area contributed by atoms with E-state index < -0.39 is 0 Å². The van der Waals surface area contributed by atoms with Crippen molar-refractivity contribution in [1.82, 2.24) is 19.6 Å². The van der Waals surface area contributed by atoms with Crippen molar-refractivity contribution in [2.75, 3.05) is 5.32 Å². The van der Waals surface area contributed by atoms with Gasteiger partial charge in [0.05, 0.1) is 23.1 Å². The van der Waals surface area contributed by atoms with Gasteiger partial charge in [-0.15, -0.1) is 0 Å². The minimum absolute atomic E-state index is 0.302. The van der Waals surface area contributed by atoms with E-state index in [2.05, 4.69) is 34.2 Å². The lowest BCUT2D eigenvalue weighted by Gasteiger charge is -2.09. The van der Waals surface area contributed by atoms with Gasteiger partial charge in [0.1, 0.15) is 0 Å². The summed E-state index contributed by atoms with van der Waals surface area (Å²) in [5, 5.41) is 7.53. The second-order valence-corrected chi connectivity index (χ2v) is 4.64. The van der Waals surface area contributed by atoms with Gasteiger partial charge >= 0.3 is 0 Å². The number of nitrogens with zero attached hydrogens (tertiary/aromatic N) is 4. The largest absolute Gasteiger partial charge is 0.352 e. The first kappa shape index (κ1) is 11.6. The number of fused-ring (bicyclic) bond motifs is 1. The van der Waals surface area contributed by atoms with Crippen molar-refractivity contribution in [3.63, 3.8) is 0 Å². The predicted octanol–water partition coefficient (Wildman–Crippen LogP) is 2.61. The van der Waals surface area contributed by atoms with Crippen molar-refractivity contribution < 1.29 is 0 Å². The fourth-order valence-electron chi connectivity index (χ4n) is 1.97. The maximum Gasteiger partial charge on any atom is 0.223 e. The summed E-state index contributed by atoms with van der Waals surface area (Å²) < 4.78 is 1.88. The first-order chi connectivity index (χ1) is 9.24. The SMILES string of the molecule is CC(C)Nc1nccc(-c2cccc3ccnn23)n1. The first-order valence-electron chi connectivity index (χ1n) is 6.27. The molecule has 0 aliphatic carbocycles. The molecule has 3 aromatic heterocycles. The molecule has 0 atom stereocenters. The van der Waals surface area contributed by atoms with Crippen LogP contribution in [0.4, 0.5) is 5.95 Å². The zero-order valence-electron chi connectivity index (χ0n) is 10.9. The molecule has 3 aromatic rings. The van der Waals surface area contributed by atoms with Crippen molar-refractivity contribution >= 4 is 11.5 Å². The highest BCUT2D eigenvalue weighted by Gasteiger charge is 2.07. The van der Waals surface area contributed by atoms with Gasteiger partial charge in [0.15, 0.2) is 0 Å². The lowest BCUT2D eigenvalue weighted by atomic mass is 10.2. The van der Waals surface area contributed by atoms with Crippen molar-refractivity contribution in [2.24, 2.45) is 0 Å². The molecule has 0 fully saturated rings. The molecule has 0 amide bonds. The van der Waals surface area contributed by atoms with E-state index in [1.54, 1.807) is 12.4 Å². The van der Waals surface area contributed by atoms with Crippen LogP contribution in [0.1, 0.15) is 13.8 Å². The van der Waals surface area contributed by atoms with Gasteiger partial charge in [-0.3, -0.25) is 0 Å². The quantitative estimate of drug-likeness (QED) is 0.779. The molecule has 0 unspecified atom stereocenters. The van der Waals surface area contributed by atoms with E-state index >= 15 is 0 Å². The molecule has 0 radical (unpaired) electrons. The van der Waals surface area contributed by atoms with E-state index in [4.69, 9.17) is 0 Å². The maximum absolute atomic E-state index is 4.53. The molecular weight excluding hydrogens is 238 g/mol. The number of rotatable bonds is 3. The Balaban J connectivity index is 2.08. The third-order valence-corrected chi connectivity index (χ3v) is 2.76. The van der Waals surface area contributed by atoms with Gasteiger partial charge in [-0.25, -0.2) is 14.5 Å². The summed E-state index contributed by atoms with van der Waals surface area (Å²) in [4.78, 5) is 8.75. The summed E-state index contributed by atoms with van der Waals surface area (Å²) in [6, 6.07) is 10.2. The average Bonchev–Trinajstić information content (AvgIpc) is 2.86. The van der Waals surface area contributed by atoms with Gasteiger partial charge in [-0.1, -0.05) is 6.07 Å². The zero-order valence-corrected chi connectivity index (χ0v) is 10.9. The van der Waals surface area contributed by atoms with Crippen LogP contribution < -0.4 is 5.32 Å². The Morgan fingerprint density at radius 3 is 2.84 bits per heavy atom. The molecule has 96 valence electrons. The third kappa shape index (κ3) is 2.27. The zero-order chi connectivity index (χ0) is 13.2. The van der Waals surface area contributed by atoms with E-state index in [0.717, 1.165) is 16.9 Å². The van der Waals surface area contributed by atoms with Crippen LogP contribution in [-0.2, 0) is 0 Å². The maximum atomic E-state index is 4.53. The summed E-state index contributed by atoms with van der Waals surface area (Å²) in [5.41, 5.74) is 2.86. The molecule has 19 heavy (non-hydrogen) atoms. The Labute approximate surface area is 111 Å². The van der Waals surface area contributed by atoms with E-state index in [0.29, 0.717) is 12.0 Å². The second kappa shape index (κ2) is 4.68. The van der Waals surface area contributed by atoms with Gasteiger partial charge in [0.2, 0.25) is 5.95 Å². The fraction of sp³-hybridized carbons (Fsp3) is 0.214. The molecule has 3 rings (SSSR count). The van der Waals surface area contributed by atoms with E-state index in [9.17, 15) is 0 Å². The summed E-state index contributed by atoms with van der Waals surface area (Å²) in [7, 11) is 0. The highest BCUT2D eigenvalue weighted by atomic mass is 15.2. The lowest BCUT2D eigenvalue weighted by Crippen LogP contribution is -2.12. The molecule has 0 saturated carbocycles. The van der Waals surface area contributed by atoms with Crippen molar-refractivity contribution in [1.29, 1.82) is 0 Å². The minimum Gasteiger partial charge on any atom is -0.352 e. The molecule has 5 nitrogen and oxygen atoms in total. The molecule has 0 aliphatic rings. The number of aromatic nitrogens is 4. The van der Waals surface area contributed by atoms with Crippen LogP contribution in [-0.4, -0.2) is 25.6 Å². The standard InChI is InChI=1S/C14H15N5/c1-10(2)17-14-15-8-7-12(18-14)13-5-3-4-11-6-9-16-19(11)13/h3-10H,1-2H3,(H,15,17,18). The molecule has 5 heteroatoms. The predicted molar refractivity (Wildman–Crippen MR) is 75.0 cm³/mol. The lowest BCUT2D eigenvalue weighted by molar-refractivity contribution is 0.873. The Hall–Kier alpha value is -2.43. The molecule has 1 N–H and O–H groups in total. The van der Waals surface area contributed by atoms with Crippen molar-refractivity contribution in [2.45, 2.75) is 19.9 Å². The smallest absolute Gasteiger partial charge is 0.223 e. The van der Waals surface area contributed by atoms with Crippen LogP contribution in [0.3, 0.4) is 0 Å². The van der Waals surface area contributed by atoms with Crippen molar-refractivity contribution in [3.05, 3.63) is 42.7 Å². The monoisotopic (exact) mass is 253 g/mol. The van der Waals surface area contributed by atoms with Crippen LogP contribution in [0.5, 0.6) is 0 Å². The minimum atomic E-state index is 0.302. The van der Waals surface area contributed by atoms with Gasteiger partial charge in [-0.2, -0.15) is 5.10 Å².